The summed E-state index contributed by atoms with van der Waals surface area (Å²) in [5.74, 6) is 0.724. The van der Waals surface area contributed by atoms with Crippen LogP contribution in [0.2, 0.25) is 0 Å². The van der Waals surface area contributed by atoms with Gasteiger partial charge in [0, 0.05) is 6.54 Å². The number of nitrogens with one attached hydrogen (secondary N) is 1. The van der Waals surface area contributed by atoms with Gasteiger partial charge in [0.15, 0.2) is 6.10 Å². The van der Waals surface area contributed by atoms with Crippen molar-refractivity contribution >= 4 is 5.91 Å². The fraction of sp³-hybridized carbons (Fsp3) is 0.533. The van der Waals surface area contributed by atoms with Crippen LogP contribution >= 0.6 is 0 Å². The average molecular weight is 249 g/mol. The topological polar surface area (TPSA) is 38.3 Å². The van der Waals surface area contributed by atoms with Gasteiger partial charge in [0.2, 0.25) is 0 Å². The summed E-state index contributed by atoms with van der Waals surface area (Å²) in [6.07, 6.45) is 1.62. The third-order valence-corrected chi connectivity index (χ3v) is 2.83. The zero-order valence-electron chi connectivity index (χ0n) is 11.7. The van der Waals surface area contributed by atoms with Crippen LogP contribution in [0.3, 0.4) is 0 Å². The van der Waals surface area contributed by atoms with Crippen molar-refractivity contribution in [2.75, 3.05) is 6.54 Å². The molecular formula is C15H23NO2. The van der Waals surface area contributed by atoms with Crippen LogP contribution in [-0.2, 0) is 4.79 Å². The average Bonchev–Trinajstić information content (AvgIpc) is 2.32. The van der Waals surface area contributed by atoms with Gasteiger partial charge in [-0.05, 0) is 38.8 Å². The SMILES string of the molecule is CCCCNC(=O)C(C)Oc1ccc(C)cc1C. The third-order valence-electron chi connectivity index (χ3n) is 2.83. The quantitative estimate of drug-likeness (QED) is 0.787. The summed E-state index contributed by atoms with van der Waals surface area (Å²) in [7, 11) is 0. The Labute approximate surface area is 110 Å². The van der Waals surface area contributed by atoms with Gasteiger partial charge >= 0.3 is 0 Å². The summed E-state index contributed by atoms with van der Waals surface area (Å²) >= 11 is 0. The van der Waals surface area contributed by atoms with Crippen LogP contribution in [0.15, 0.2) is 18.2 Å². The smallest absolute Gasteiger partial charge is 0.260 e. The second-order valence-corrected chi connectivity index (χ2v) is 4.67. The molecule has 1 aromatic carbocycles. The Morgan fingerprint density at radius 1 is 1.39 bits per heavy atom. The minimum absolute atomic E-state index is 0.0524. The molecule has 0 radical (unpaired) electrons. The summed E-state index contributed by atoms with van der Waals surface area (Å²) in [4.78, 5) is 11.8. The van der Waals surface area contributed by atoms with Gasteiger partial charge < -0.3 is 10.1 Å². The van der Waals surface area contributed by atoms with E-state index in [2.05, 4.69) is 18.3 Å². The zero-order chi connectivity index (χ0) is 13.5. The highest BCUT2D eigenvalue weighted by atomic mass is 16.5. The van der Waals surface area contributed by atoms with Gasteiger partial charge in [0.1, 0.15) is 5.75 Å². The Bertz CT molecular complexity index is 401. The highest BCUT2D eigenvalue weighted by Gasteiger charge is 2.14. The molecule has 0 aliphatic carbocycles. The molecule has 0 fully saturated rings. The lowest BCUT2D eigenvalue weighted by Crippen LogP contribution is -2.36. The maximum atomic E-state index is 11.8. The molecule has 0 saturated carbocycles. The first kappa shape index (κ1) is 14.6. The van der Waals surface area contributed by atoms with Gasteiger partial charge in [0.05, 0.1) is 0 Å². The van der Waals surface area contributed by atoms with E-state index < -0.39 is 6.10 Å². The van der Waals surface area contributed by atoms with E-state index in [1.165, 1.54) is 5.56 Å². The molecule has 0 heterocycles. The maximum absolute atomic E-state index is 11.8. The minimum atomic E-state index is -0.455. The van der Waals surface area contributed by atoms with Gasteiger partial charge in [-0.25, -0.2) is 0 Å². The van der Waals surface area contributed by atoms with Crippen LogP contribution < -0.4 is 10.1 Å². The number of unbranched alkanes of at least 4 members (excludes halogenated alkanes) is 1. The highest BCUT2D eigenvalue weighted by Crippen LogP contribution is 2.19. The predicted octanol–water partition coefficient (Wildman–Crippen LogP) is 2.99. The molecule has 1 atom stereocenters. The first-order valence-corrected chi connectivity index (χ1v) is 6.56. The Morgan fingerprint density at radius 3 is 2.72 bits per heavy atom. The molecule has 3 nitrogen and oxygen atoms in total. The molecule has 0 saturated heterocycles. The van der Waals surface area contributed by atoms with E-state index in [0.717, 1.165) is 30.7 Å². The van der Waals surface area contributed by atoms with Crippen molar-refractivity contribution in [1.29, 1.82) is 0 Å². The first-order chi connectivity index (χ1) is 8.54. The molecule has 18 heavy (non-hydrogen) atoms. The van der Waals surface area contributed by atoms with E-state index in [0.29, 0.717) is 0 Å². The lowest BCUT2D eigenvalue weighted by atomic mass is 10.1. The molecule has 0 bridgehead atoms. The minimum Gasteiger partial charge on any atom is -0.481 e. The van der Waals surface area contributed by atoms with Crippen molar-refractivity contribution in [1.82, 2.24) is 5.32 Å². The number of hydrogen-bond donors (Lipinski definition) is 1. The van der Waals surface area contributed by atoms with E-state index in [1.807, 2.05) is 26.0 Å². The molecular weight excluding hydrogens is 226 g/mol. The van der Waals surface area contributed by atoms with E-state index in [-0.39, 0.29) is 5.91 Å². The molecule has 100 valence electrons. The van der Waals surface area contributed by atoms with Crippen molar-refractivity contribution in [2.45, 2.75) is 46.6 Å². The monoisotopic (exact) mass is 249 g/mol. The van der Waals surface area contributed by atoms with Gasteiger partial charge in [-0.15, -0.1) is 0 Å². The van der Waals surface area contributed by atoms with Gasteiger partial charge in [-0.2, -0.15) is 0 Å². The van der Waals surface area contributed by atoms with E-state index in [4.69, 9.17) is 4.74 Å². The number of carbonyl (C=O) groups excluding carboxylic acids is 1. The lowest BCUT2D eigenvalue weighted by molar-refractivity contribution is -0.127. The summed E-state index contributed by atoms with van der Waals surface area (Å²) < 4.78 is 5.68. The molecule has 3 heteroatoms. The van der Waals surface area contributed by atoms with E-state index in [1.54, 1.807) is 6.92 Å². The summed E-state index contributed by atoms with van der Waals surface area (Å²) in [6, 6.07) is 5.96. The number of rotatable bonds is 6. The Balaban J connectivity index is 2.53. The highest BCUT2D eigenvalue weighted by molar-refractivity contribution is 5.80. The number of benzene rings is 1. The van der Waals surface area contributed by atoms with Crippen LogP contribution in [0.4, 0.5) is 0 Å². The number of hydrogen-bond acceptors (Lipinski definition) is 2. The number of amides is 1. The fourth-order valence-electron chi connectivity index (χ4n) is 1.71. The predicted molar refractivity (Wildman–Crippen MR) is 73.9 cm³/mol. The van der Waals surface area contributed by atoms with Crippen LogP contribution in [0.25, 0.3) is 0 Å². The number of ether oxygens (including phenoxy) is 1. The standard InChI is InChI=1S/C15H23NO2/c1-5-6-9-16-15(17)13(4)18-14-8-7-11(2)10-12(14)3/h7-8,10,13H,5-6,9H2,1-4H3,(H,16,17). The normalized spacial score (nSPS) is 12.0. The van der Waals surface area contributed by atoms with Crippen molar-refractivity contribution in [3.8, 4) is 5.75 Å². The van der Waals surface area contributed by atoms with Crippen molar-refractivity contribution in [3.63, 3.8) is 0 Å². The second-order valence-electron chi connectivity index (χ2n) is 4.67. The molecule has 0 aliphatic heterocycles. The van der Waals surface area contributed by atoms with Crippen molar-refractivity contribution in [3.05, 3.63) is 29.3 Å². The Hall–Kier alpha value is -1.51. The van der Waals surface area contributed by atoms with Crippen LogP contribution in [0.1, 0.15) is 37.8 Å². The number of aryl methyl sites for hydroxylation is 2. The van der Waals surface area contributed by atoms with E-state index >= 15 is 0 Å². The first-order valence-electron chi connectivity index (χ1n) is 6.56. The molecule has 1 N–H and O–H groups in total. The summed E-state index contributed by atoms with van der Waals surface area (Å²) in [5.41, 5.74) is 2.25. The molecule has 1 amide bonds. The van der Waals surface area contributed by atoms with Crippen LogP contribution in [0.5, 0.6) is 5.75 Å². The molecule has 1 unspecified atom stereocenters. The molecule has 1 rings (SSSR count). The van der Waals surface area contributed by atoms with Crippen molar-refractivity contribution < 1.29 is 9.53 Å². The van der Waals surface area contributed by atoms with Crippen LogP contribution in [-0.4, -0.2) is 18.6 Å². The van der Waals surface area contributed by atoms with Gasteiger partial charge in [-0.3, -0.25) is 4.79 Å². The third kappa shape index (κ3) is 4.40. The van der Waals surface area contributed by atoms with Crippen molar-refractivity contribution in [2.24, 2.45) is 0 Å². The summed E-state index contributed by atoms with van der Waals surface area (Å²) in [5, 5.41) is 2.87. The summed E-state index contributed by atoms with van der Waals surface area (Å²) in [6.45, 7) is 8.62. The van der Waals surface area contributed by atoms with Gasteiger partial charge in [-0.1, -0.05) is 31.0 Å². The van der Waals surface area contributed by atoms with Gasteiger partial charge in [0.25, 0.3) is 5.91 Å². The fourth-order valence-corrected chi connectivity index (χ4v) is 1.71. The lowest BCUT2D eigenvalue weighted by Gasteiger charge is -2.16. The zero-order valence-corrected chi connectivity index (χ0v) is 11.7. The Morgan fingerprint density at radius 2 is 2.11 bits per heavy atom. The maximum Gasteiger partial charge on any atom is 0.260 e. The van der Waals surface area contributed by atoms with E-state index in [9.17, 15) is 4.79 Å². The molecule has 0 aliphatic rings. The largest absolute Gasteiger partial charge is 0.481 e. The molecule has 1 aromatic rings. The Kier molecular flexibility index (Phi) is 5.69. The number of carbonyl (C=O) groups is 1. The second kappa shape index (κ2) is 7.04. The molecule has 0 spiro atoms. The van der Waals surface area contributed by atoms with Crippen LogP contribution in [0, 0.1) is 13.8 Å². The molecule has 0 aromatic heterocycles.